The molecule has 4 amide bonds. The Hall–Kier alpha value is -4.60. The van der Waals surface area contributed by atoms with Crippen molar-refractivity contribution in [1.29, 1.82) is 0 Å². The first-order valence-corrected chi connectivity index (χ1v) is 13.7. The minimum absolute atomic E-state index is 0.140. The predicted octanol–water partition coefficient (Wildman–Crippen LogP) is 2.54. The highest BCUT2D eigenvalue weighted by Crippen LogP contribution is 2.26. The number of nitrogens with zero attached hydrogens (tertiary/aromatic N) is 2. The number of para-hydroxylation sites is 2. The minimum atomic E-state index is -0.931. The summed E-state index contributed by atoms with van der Waals surface area (Å²) in [5, 5.41) is 9.03. The van der Waals surface area contributed by atoms with E-state index in [0.29, 0.717) is 30.5 Å². The lowest BCUT2D eigenvalue weighted by atomic mass is 9.97. The average molecular weight is 558 g/mol. The second-order valence-corrected chi connectivity index (χ2v) is 10.6. The first-order valence-electron chi connectivity index (χ1n) is 13.7. The van der Waals surface area contributed by atoms with Crippen LogP contribution in [-0.2, 0) is 19.2 Å². The van der Waals surface area contributed by atoms with Gasteiger partial charge >= 0.3 is 0 Å². The van der Waals surface area contributed by atoms with E-state index < -0.39 is 36.3 Å². The van der Waals surface area contributed by atoms with Gasteiger partial charge in [0, 0.05) is 23.5 Å². The van der Waals surface area contributed by atoms with E-state index in [1.54, 1.807) is 44.2 Å². The number of amides is 4. The van der Waals surface area contributed by atoms with E-state index >= 15 is 0 Å². The largest absolute Gasteiger partial charge is 0.356 e. The van der Waals surface area contributed by atoms with Gasteiger partial charge in [-0.1, -0.05) is 56.3 Å². The molecule has 0 unspecified atom stereocenters. The lowest BCUT2D eigenvalue weighted by molar-refractivity contribution is -0.127. The number of carbonyl (C=O) groups is 5. The van der Waals surface area contributed by atoms with Crippen LogP contribution in [0.2, 0.25) is 0 Å². The van der Waals surface area contributed by atoms with Gasteiger partial charge in [-0.15, -0.1) is 0 Å². The zero-order valence-corrected chi connectivity index (χ0v) is 23.4. The third kappa shape index (κ3) is 6.95. The van der Waals surface area contributed by atoms with Gasteiger partial charge in [-0.2, -0.15) is 0 Å². The summed E-state index contributed by atoms with van der Waals surface area (Å²) in [6.07, 6.45) is 1.43. The molecular formula is C31H35N5O5. The molecule has 3 atom stereocenters. The topological polar surface area (TPSA) is 138 Å². The monoisotopic (exact) mass is 557 g/mol. The molecule has 0 spiro atoms. The Kier molecular flexibility index (Phi) is 9.44. The standard InChI is InChI=1S/C31H35N5O5/c1-19(2)28(35-30(40)25-13-12-21-9-5-6-10-24(21)34-25)31(41)33-17-27(38)36(26-11-7-4-8-20(26)3)23(18-37)16-22-14-15-32-29(22)39/h4-13,18-19,22-23,28H,14-17H2,1-3H3,(H,32,39)(H,33,41)(H,35,40)/t22-,23-,28-/m0/s1. The molecule has 4 rings (SSSR count). The van der Waals surface area contributed by atoms with Crippen LogP contribution >= 0.6 is 0 Å². The van der Waals surface area contributed by atoms with E-state index in [9.17, 15) is 24.0 Å². The molecule has 41 heavy (non-hydrogen) atoms. The molecule has 3 aromatic rings. The Morgan fingerprint density at radius 1 is 1.07 bits per heavy atom. The van der Waals surface area contributed by atoms with Gasteiger partial charge < -0.3 is 25.6 Å². The van der Waals surface area contributed by atoms with Gasteiger partial charge in [0.2, 0.25) is 17.7 Å². The van der Waals surface area contributed by atoms with E-state index in [4.69, 9.17) is 0 Å². The van der Waals surface area contributed by atoms with Crippen molar-refractivity contribution in [3.63, 3.8) is 0 Å². The summed E-state index contributed by atoms with van der Waals surface area (Å²) in [6, 6.07) is 16.1. The molecule has 1 saturated heterocycles. The van der Waals surface area contributed by atoms with E-state index in [1.807, 2.05) is 37.3 Å². The van der Waals surface area contributed by atoms with Crippen molar-refractivity contribution in [2.75, 3.05) is 18.0 Å². The maximum absolute atomic E-state index is 13.6. The van der Waals surface area contributed by atoms with E-state index in [0.717, 1.165) is 10.9 Å². The third-order valence-electron chi connectivity index (χ3n) is 7.30. The molecule has 0 saturated carbocycles. The van der Waals surface area contributed by atoms with Crippen LogP contribution in [0.15, 0.2) is 60.7 Å². The number of aryl methyl sites for hydroxylation is 1. The van der Waals surface area contributed by atoms with E-state index in [1.165, 1.54) is 4.90 Å². The second kappa shape index (κ2) is 13.2. The minimum Gasteiger partial charge on any atom is -0.356 e. The van der Waals surface area contributed by atoms with Crippen molar-refractivity contribution >= 4 is 46.5 Å². The predicted molar refractivity (Wildman–Crippen MR) is 155 cm³/mol. The number of nitrogens with one attached hydrogen (secondary N) is 3. The van der Waals surface area contributed by atoms with Crippen LogP contribution in [0.25, 0.3) is 10.9 Å². The number of hydrogen-bond donors (Lipinski definition) is 3. The van der Waals surface area contributed by atoms with Crippen LogP contribution < -0.4 is 20.9 Å². The number of aromatic nitrogens is 1. The molecule has 0 radical (unpaired) electrons. The van der Waals surface area contributed by atoms with Crippen molar-refractivity contribution in [3.8, 4) is 0 Å². The fraction of sp³-hybridized carbons (Fsp3) is 0.355. The maximum atomic E-state index is 13.6. The summed E-state index contributed by atoms with van der Waals surface area (Å²) < 4.78 is 0. The Morgan fingerprint density at radius 3 is 2.49 bits per heavy atom. The molecule has 214 valence electrons. The molecule has 1 aromatic heterocycles. The quantitative estimate of drug-likeness (QED) is 0.310. The zero-order chi connectivity index (χ0) is 29.5. The highest BCUT2D eigenvalue weighted by Gasteiger charge is 2.34. The van der Waals surface area contributed by atoms with Crippen LogP contribution in [0.5, 0.6) is 0 Å². The van der Waals surface area contributed by atoms with Crippen molar-refractivity contribution < 1.29 is 24.0 Å². The average Bonchev–Trinajstić information content (AvgIpc) is 3.38. The van der Waals surface area contributed by atoms with Crippen molar-refractivity contribution in [3.05, 3.63) is 71.9 Å². The number of benzene rings is 2. The molecule has 0 aliphatic carbocycles. The Labute approximate surface area is 238 Å². The lowest BCUT2D eigenvalue weighted by Gasteiger charge is -2.31. The summed E-state index contributed by atoms with van der Waals surface area (Å²) >= 11 is 0. The molecule has 3 N–H and O–H groups in total. The number of aldehydes is 1. The van der Waals surface area contributed by atoms with Crippen LogP contribution in [0, 0.1) is 18.8 Å². The number of hydrogen-bond acceptors (Lipinski definition) is 6. The smallest absolute Gasteiger partial charge is 0.270 e. The maximum Gasteiger partial charge on any atom is 0.270 e. The molecule has 2 heterocycles. The van der Waals surface area contributed by atoms with Crippen molar-refractivity contribution in [2.24, 2.45) is 11.8 Å². The van der Waals surface area contributed by atoms with Crippen LogP contribution in [-0.4, -0.2) is 60.1 Å². The summed E-state index contributed by atoms with van der Waals surface area (Å²) in [5.74, 6) is -2.36. The first-order chi connectivity index (χ1) is 19.7. The van der Waals surface area contributed by atoms with Gasteiger partial charge in [0.05, 0.1) is 18.1 Å². The fourth-order valence-corrected chi connectivity index (χ4v) is 5.02. The molecule has 1 aliphatic rings. The lowest BCUT2D eigenvalue weighted by Crippen LogP contribution is -2.53. The third-order valence-corrected chi connectivity index (χ3v) is 7.30. The molecule has 10 heteroatoms. The molecule has 1 aliphatic heterocycles. The summed E-state index contributed by atoms with van der Waals surface area (Å²) in [5.41, 5.74) is 2.13. The Balaban J connectivity index is 1.48. The summed E-state index contributed by atoms with van der Waals surface area (Å²) in [7, 11) is 0. The molecular weight excluding hydrogens is 522 g/mol. The number of pyridine rings is 1. The van der Waals surface area contributed by atoms with Gasteiger partial charge in [0.15, 0.2) is 0 Å². The van der Waals surface area contributed by atoms with Crippen LogP contribution in [0.1, 0.15) is 42.7 Å². The van der Waals surface area contributed by atoms with E-state index in [-0.39, 0.29) is 29.9 Å². The SMILES string of the molecule is Cc1ccccc1N(C(=O)CNC(=O)[C@@H](NC(=O)c1ccc2ccccc2n1)C(C)C)[C@H](C=O)C[C@@H]1CCNC1=O. The highest BCUT2D eigenvalue weighted by molar-refractivity contribution is 6.02. The number of carbonyl (C=O) groups excluding carboxylic acids is 5. The first kappa shape index (κ1) is 29.4. The Morgan fingerprint density at radius 2 is 1.80 bits per heavy atom. The summed E-state index contributed by atoms with van der Waals surface area (Å²) in [4.78, 5) is 70.0. The van der Waals surface area contributed by atoms with Gasteiger partial charge in [-0.25, -0.2) is 4.98 Å². The van der Waals surface area contributed by atoms with E-state index in [2.05, 4.69) is 20.9 Å². The number of anilines is 1. The Bertz CT molecular complexity index is 1460. The van der Waals surface area contributed by atoms with Crippen molar-refractivity contribution in [2.45, 2.75) is 45.7 Å². The molecule has 0 bridgehead atoms. The number of rotatable bonds is 11. The van der Waals surface area contributed by atoms with Gasteiger partial charge in [0.1, 0.15) is 18.0 Å². The van der Waals surface area contributed by atoms with Gasteiger partial charge in [-0.05, 0) is 49.4 Å². The van der Waals surface area contributed by atoms with Gasteiger partial charge in [-0.3, -0.25) is 19.2 Å². The molecule has 2 aromatic carbocycles. The van der Waals surface area contributed by atoms with Crippen LogP contribution in [0.3, 0.4) is 0 Å². The molecule has 10 nitrogen and oxygen atoms in total. The number of fused-ring (bicyclic) bond motifs is 1. The fourth-order valence-electron chi connectivity index (χ4n) is 5.02. The summed E-state index contributed by atoms with van der Waals surface area (Å²) in [6.45, 7) is 5.52. The second-order valence-electron chi connectivity index (χ2n) is 10.6. The normalized spacial score (nSPS) is 16.1. The van der Waals surface area contributed by atoms with Crippen LogP contribution in [0.4, 0.5) is 5.69 Å². The molecule has 1 fully saturated rings. The van der Waals surface area contributed by atoms with Gasteiger partial charge in [0.25, 0.3) is 5.91 Å². The zero-order valence-electron chi connectivity index (χ0n) is 23.4. The highest BCUT2D eigenvalue weighted by atomic mass is 16.2. The van der Waals surface area contributed by atoms with Crippen molar-refractivity contribution in [1.82, 2.24) is 20.9 Å².